The maximum absolute atomic E-state index is 12.0. The number of nitrogens with zero attached hydrogens (tertiary/aromatic N) is 2. The van der Waals surface area contributed by atoms with Gasteiger partial charge in [-0.25, -0.2) is 0 Å². The molecule has 2 fully saturated rings. The fourth-order valence-electron chi connectivity index (χ4n) is 2.87. The second-order valence-corrected chi connectivity index (χ2v) is 5.67. The lowest BCUT2D eigenvalue weighted by atomic mass is 10.0. The van der Waals surface area contributed by atoms with Gasteiger partial charge in [-0.1, -0.05) is 6.42 Å². The monoisotopic (exact) mass is 253 g/mol. The van der Waals surface area contributed by atoms with Gasteiger partial charge >= 0.3 is 0 Å². The summed E-state index contributed by atoms with van der Waals surface area (Å²) in [5, 5.41) is 3.35. The molecular formula is C14H27N3O. The number of carbonyl (C=O) groups is 1. The van der Waals surface area contributed by atoms with Crippen molar-refractivity contribution >= 4 is 5.91 Å². The topological polar surface area (TPSA) is 35.6 Å². The first-order valence-corrected chi connectivity index (χ1v) is 7.42. The first-order chi connectivity index (χ1) is 8.72. The first kappa shape index (κ1) is 13.8. The van der Waals surface area contributed by atoms with Crippen LogP contribution in [0.2, 0.25) is 0 Å². The number of hydrogen-bond acceptors (Lipinski definition) is 3. The molecule has 0 aromatic carbocycles. The SMILES string of the molecule is CCN(C(=O)CNCC1CCCCN1C)C1CC1. The molecule has 1 unspecified atom stereocenters. The van der Waals surface area contributed by atoms with Gasteiger partial charge in [0, 0.05) is 25.2 Å². The van der Waals surface area contributed by atoms with E-state index in [9.17, 15) is 4.79 Å². The van der Waals surface area contributed by atoms with Crippen LogP contribution >= 0.6 is 0 Å². The summed E-state index contributed by atoms with van der Waals surface area (Å²) in [4.78, 5) is 16.5. The van der Waals surface area contributed by atoms with Crippen LogP contribution < -0.4 is 5.32 Å². The van der Waals surface area contributed by atoms with Gasteiger partial charge in [0.25, 0.3) is 0 Å². The quantitative estimate of drug-likeness (QED) is 0.769. The molecule has 1 atom stereocenters. The molecule has 1 N–H and O–H groups in total. The molecule has 2 rings (SSSR count). The minimum Gasteiger partial charge on any atom is -0.339 e. The summed E-state index contributed by atoms with van der Waals surface area (Å²) in [6.07, 6.45) is 6.30. The number of rotatable bonds is 6. The van der Waals surface area contributed by atoms with E-state index in [1.54, 1.807) is 0 Å². The average Bonchev–Trinajstić information content (AvgIpc) is 3.17. The van der Waals surface area contributed by atoms with Gasteiger partial charge < -0.3 is 15.1 Å². The van der Waals surface area contributed by atoms with Crippen molar-refractivity contribution in [1.29, 1.82) is 0 Å². The predicted molar refractivity (Wildman–Crippen MR) is 73.5 cm³/mol. The summed E-state index contributed by atoms with van der Waals surface area (Å²) in [5.74, 6) is 0.276. The minimum absolute atomic E-state index is 0.276. The van der Waals surface area contributed by atoms with E-state index in [0.29, 0.717) is 18.6 Å². The molecule has 0 aromatic heterocycles. The zero-order valence-electron chi connectivity index (χ0n) is 11.8. The predicted octanol–water partition coefficient (Wildman–Crippen LogP) is 1.07. The van der Waals surface area contributed by atoms with Crippen LogP contribution in [0.15, 0.2) is 0 Å². The van der Waals surface area contributed by atoms with Crippen LogP contribution in [0.4, 0.5) is 0 Å². The van der Waals surface area contributed by atoms with Gasteiger partial charge in [0.1, 0.15) is 0 Å². The zero-order valence-corrected chi connectivity index (χ0v) is 11.8. The van der Waals surface area contributed by atoms with Gasteiger partial charge in [0.05, 0.1) is 6.54 Å². The number of amides is 1. The highest BCUT2D eigenvalue weighted by Gasteiger charge is 2.31. The molecule has 1 saturated carbocycles. The van der Waals surface area contributed by atoms with Crippen molar-refractivity contribution in [2.75, 3.05) is 33.2 Å². The fourth-order valence-corrected chi connectivity index (χ4v) is 2.87. The zero-order chi connectivity index (χ0) is 13.0. The normalized spacial score (nSPS) is 25.1. The summed E-state index contributed by atoms with van der Waals surface area (Å²) in [7, 11) is 2.19. The van der Waals surface area contributed by atoms with Gasteiger partial charge in [0.15, 0.2) is 0 Å². The van der Waals surface area contributed by atoms with Crippen LogP contribution in [0, 0.1) is 0 Å². The van der Waals surface area contributed by atoms with Gasteiger partial charge in [-0.2, -0.15) is 0 Å². The lowest BCUT2D eigenvalue weighted by Gasteiger charge is -2.32. The van der Waals surface area contributed by atoms with Gasteiger partial charge in [-0.15, -0.1) is 0 Å². The van der Waals surface area contributed by atoms with Crippen molar-refractivity contribution in [3.8, 4) is 0 Å². The Morgan fingerprint density at radius 2 is 2.11 bits per heavy atom. The van der Waals surface area contributed by atoms with E-state index in [1.807, 2.05) is 4.90 Å². The highest BCUT2D eigenvalue weighted by atomic mass is 16.2. The van der Waals surface area contributed by atoms with Crippen LogP contribution in [-0.4, -0.2) is 61.0 Å². The summed E-state index contributed by atoms with van der Waals surface area (Å²) in [5.41, 5.74) is 0. The smallest absolute Gasteiger partial charge is 0.236 e. The largest absolute Gasteiger partial charge is 0.339 e. The Labute approximate surface area is 111 Å². The molecule has 2 aliphatic rings. The Hall–Kier alpha value is -0.610. The number of nitrogens with one attached hydrogen (secondary N) is 1. The highest BCUT2D eigenvalue weighted by Crippen LogP contribution is 2.26. The van der Waals surface area contributed by atoms with Crippen LogP contribution in [0.25, 0.3) is 0 Å². The van der Waals surface area contributed by atoms with Crippen molar-refractivity contribution in [1.82, 2.24) is 15.1 Å². The molecule has 0 radical (unpaired) electrons. The van der Waals surface area contributed by atoms with Crippen LogP contribution in [0.1, 0.15) is 39.0 Å². The standard InChI is InChI=1S/C14H27N3O/c1-3-17(12-7-8-12)14(18)11-15-10-13-6-4-5-9-16(13)2/h12-13,15H,3-11H2,1-2H3. The van der Waals surface area contributed by atoms with Crippen molar-refractivity contribution in [3.05, 3.63) is 0 Å². The van der Waals surface area contributed by atoms with Crippen molar-refractivity contribution in [2.24, 2.45) is 0 Å². The third-order valence-corrected chi connectivity index (χ3v) is 4.23. The van der Waals surface area contributed by atoms with E-state index in [0.717, 1.165) is 13.1 Å². The van der Waals surface area contributed by atoms with Gasteiger partial charge in [-0.05, 0) is 46.2 Å². The van der Waals surface area contributed by atoms with E-state index in [4.69, 9.17) is 0 Å². The molecule has 1 heterocycles. The summed E-state index contributed by atoms with van der Waals surface area (Å²) in [6, 6.07) is 1.16. The van der Waals surface area contributed by atoms with Crippen molar-refractivity contribution in [2.45, 2.75) is 51.1 Å². The van der Waals surface area contributed by atoms with Crippen LogP contribution in [0.5, 0.6) is 0 Å². The lowest BCUT2D eigenvalue weighted by molar-refractivity contribution is -0.130. The molecule has 4 nitrogen and oxygen atoms in total. The van der Waals surface area contributed by atoms with E-state index >= 15 is 0 Å². The molecule has 18 heavy (non-hydrogen) atoms. The minimum atomic E-state index is 0.276. The van der Waals surface area contributed by atoms with E-state index < -0.39 is 0 Å². The molecule has 1 amide bonds. The Morgan fingerprint density at radius 3 is 2.72 bits per heavy atom. The molecule has 0 aromatic rings. The molecule has 1 aliphatic carbocycles. The molecular weight excluding hydrogens is 226 g/mol. The van der Waals surface area contributed by atoms with Crippen LogP contribution in [0.3, 0.4) is 0 Å². The number of piperidine rings is 1. The van der Waals surface area contributed by atoms with Gasteiger partial charge in [-0.3, -0.25) is 4.79 Å². The molecule has 1 saturated heterocycles. The Morgan fingerprint density at radius 1 is 1.33 bits per heavy atom. The average molecular weight is 253 g/mol. The summed E-state index contributed by atoms with van der Waals surface area (Å²) in [6.45, 7) is 5.59. The molecule has 1 aliphatic heterocycles. The molecule has 4 heteroatoms. The van der Waals surface area contributed by atoms with E-state index in [2.05, 4.69) is 24.2 Å². The van der Waals surface area contributed by atoms with E-state index in [1.165, 1.54) is 38.6 Å². The first-order valence-electron chi connectivity index (χ1n) is 7.42. The number of likely N-dealkylation sites (N-methyl/N-ethyl adjacent to an activating group) is 2. The third kappa shape index (κ3) is 3.69. The van der Waals surface area contributed by atoms with Crippen molar-refractivity contribution < 1.29 is 4.79 Å². The van der Waals surface area contributed by atoms with Crippen molar-refractivity contribution in [3.63, 3.8) is 0 Å². The summed E-state index contributed by atoms with van der Waals surface area (Å²) >= 11 is 0. The molecule has 0 spiro atoms. The Balaban J connectivity index is 1.66. The summed E-state index contributed by atoms with van der Waals surface area (Å²) < 4.78 is 0. The maximum atomic E-state index is 12.0. The molecule has 104 valence electrons. The number of likely N-dealkylation sites (tertiary alicyclic amines) is 1. The third-order valence-electron chi connectivity index (χ3n) is 4.23. The second kappa shape index (κ2) is 6.53. The van der Waals surface area contributed by atoms with E-state index in [-0.39, 0.29) is 5.91 Å². The molecule has 0 bridgehead atoms. The van der Waals surface area contributed by atoms with Crippen LogP contribution in [-0.2, 0) is 4.79 Å². The Kier molecular flexibility index (Phi) is 5.01. The lowest BCUT2D eigenvalue weighted by Crippen LogP contribution is -2.46. The Bertz CT molecular complexity index is 278. The maximum Gasteiger partial charge on any atom is 0.236 e. The highest BCUT2D eigenvalue weighted by molar-refractivity contribution is 5.78. The number of carbonyl (C=O) groups excluding carboxylic acids is 1. The fraction of sp³-hybridized carbons (Fsp3) is 0.929. The number of hydrogen-bond donors (Lipinski definition) is 1. The second-order valence-electron chi connectivity index (χ2n) is 5.67. The van der Waals surface area contributed by atoms with Gasteiger partial charge in [0.2, 0.25) is 5.91 Å².